The summed E-state index contributed by atoms with van der Waals surface area (Å²) in [6, 6.07) is -0.490. The van der Waals surface area contributed by atoms with Crippen LogP contribution in [0.2, 0.25) is 0 Å². The third-order valence-electron chi connectivity index (χ3n) is 2.90. The van der Waals surface area contributed by atoms with Gasteiger partial charge in [0, 0.05) is 7.05 Å². The van der Waals surface area contributed by atoms with Crippen LogP contribution >= 0.6 is 0 Å². The Hall–Kier alpha value is -1.19. The van der Waals surface area contributed by atoms with E-state index in [9.17, 15) is 14.4 Å². The van der Waals surface area contributed by atoms with E-state index in [4.69, 9.17) is 0 Å². The van der Waals surface area contributed by atoms with Crippen molar-refractivity contribution < 1.29 is 14.4 Å². The predicted octanol–water partition coefficient (Wildman–Crippen LogP) is 1.04. The Morgan fingerprint density at radius 1 is 1.13 bits per heavy atom. The molecule has 1 unspecified atom stereocenters. The van der Waals surface area contributed by atoms with E-state index in [-0.39, 0.29) is 17.5 Å². The first-order chi connectivity index (χ1) is 6.62. The second-order valence-electron chi connectivity index (χ2n) is 4.38. The van der Waals surface area contributed by atoms with Crippen molar-refractivity contribution in [2.24, 2.45) is 5.41 Å². The fourth-order valence-electron chi connectivity index (χ4n) is 1.04. The molecule has 0 radical (unpaired) electrons. The largest absolute Gasteiger partial charge is 0.335 e. The maximum absolute atomic E-state index is 11.9. The Labute approximate surface area is 90.6 Å². The molecular weight excluding hydrogens is 194 g/mol. The molecule has 0 aromatic carbocycles. The van der Waals surface area contributed by atoms with Crippen LogP contribution in [0.4, 0.5) is 0 Å². The molecule has 0 aromatic rings. The highest BCUT2D eigenvalue weighted by Gasteiger charge is 2.37. The number of carbonyl (C=O) groups is 3. The van der Waals surface area contributed by atoms with Gasteiger partial charge >= 0.3 is 0 Å². The Kier molecular flexibility index (Phi) is 4.19. The maximum atomic E-state index is 11.9. The van der Waals surface area contributed by atoms with E-state index in [0.717, 1.165) is 0 Å². The standard InChI is InChI=1S/C11H19NO3/c1-7(8(2)13)12(6)10(15)11(4,5)9(3)14/h7H,1-6H3. The zero-order valence-electron chi connectivity index (χ0n) is 10.2. The summed E-state index contributed by atoms with van der Waals surface area (Å²) in [5, 5.41) is 0. The second kappa shape index (κ2) is 4.55. The minimum atomic E-state index is -1.06. The lowest BCUT2D eigenvalue weighted by Crippen LogP contribution is -2.48. The number of Topliss-reactive ketones (excluding diaryl/α,β-unsaturated/α-hetero) is 2. The van der Waals surface area contributed by atoms with Gasteiger partial charge in [-0.2, -0.15) is 0 Å². The van der Waals surface area contributed by atoms with E-state index in [1.54, 1.807) is 27.8 Å². The molecule has 0 bridgehead atoms. The number of amides is 1. The van der Waals surface area contributed by atoms with Crippen molar-refractivity contribution in [3.8, 4) is 0 Å². The van der Waals surface area contributed by atoms with Gasteiger partial charge in [-0.1, -0.05) is 0 Å². The third-order valence-corrected chi connectivity index (χ3v) is 2.90. The molecule has 0 spiro atoms. The Morgan fingerprint density at radius 3 is 1.80 bits per heavy atom. The van der Waals surface area contributed by atoms with Crippen LogP contribution in [0.15, 0.2) is 0 Å². The molecular formula is C11H19NO3. The van der Waals surface area contributed by atoms with Gasteiger partial charge in [0.15, 0.2) is 5.78 Å². The molecule has 4 heteroatoms. The molecule has 86 valence electrons. The normalized spacial score (nSPS) is 13.2. The van der Waals surface area contributed by atoms with Crippen LogP contribution in [-0.2, 0) is 14.4 Å². The third kappa shape index (κ3) is 2.88. The molecule has 0 N–H and O–H groups in total. The van der Waals surface area contributed by atoms with Gasteiger partial charge in [-0.05, 0) is 34.6 Å². The highest BCUT2D eigenvalue weighted by atomic mass is 16.2. The van der Waals surface area contributed by atoms with Gasteiger partial charge in [-0.15, -0.1) is 0 Å². The topological polar surface area (TPSA) is 54.5 Å². The first kappa shape index (κ1) is 13.8. The van der Waals surface area contributed by atoms with Gasteiger partial charge in [0.05, 0.1) is 6.04 Å². The summed E-state index contributed by atoms with van der Waals surface area (Å²) in [5.41, 5.74) is -1.06. The van der Waals surface area contributed by atoms with Crippen LogP contribution in [0, 0.1) is 5.41 Å². The van der Waals surface area contributed by atoms with Gasteiger partial charge < -0.3 is 4.90 Å². The summed E-state index contributed by atoms with van der Waals surface area (Å²) in [5.74, 6) is -0.613. The zero-order chi connectivity index (χ0) is 12.4. The molecule has 0 aromatic heterocycles. The first-order valence-electron chi connectivity index (χ1n) is 4.91. The van der Waals surface area contributed by atoms with E-state index in [0.29, 0.717) is 0 Å². The number of ketones is 2. The van der Waals surface area contributed by atoms with Crippen molar-refractivity contribution in [3.05, 3.63) is 0 Å². The van der Waals surface area contributed by atoms with Crippen LogP contribution < -0.4 is 0 Å². The van der Waals surface area contributed by atoms with Gasteiger partial charge in [0.1, 0.15) is 11.2 Å². The van der Waals surface area contributed by atoms with E-state index in [2.05, 4.69) is 0 Å². The number of hydrogen-bond donors (Lipinski definition) is 0. The average Bonchev–Trinajstić information content (AvgIpc) is 2.13. The van der Waals surface area contributed by atoms with Crippen LogP contribution in [0.25, 0.3) is 0 Å². The van der Waals surface area contributed by atoms with Crippen molar-refractivity contribution in [2.75, 3.05) is 7.05 Å². The minimum Gasteiger partial charge on any atom is -0.335 e. The number of rotatable bonds is 4. The number of hydrogen-bond acceptors (Lipinski definition) is 3. The lowest BCUT2D eigenvalue weighted by atomic mass is 9.87. The fourth-order valence-corrected chi connectivity index (χ4v) is 1.04. The van der Waals surface area contributed by atoms with Gasteiger partial charge in [-0.3, -0.25) is 14.4 Å². The number of nitrogens with zero attached hydrogens (tertiary/aromatic N) is 1. The van der Waals surface area contributed by atoms with Crippen molar-refractivity contribution in [3.63, 3.8) is 0 Å². The Bertz CT molecular complexity index is 294. The highest BCUT2D eigenvalue weighted by Crippen LogP contribution is 2.20. The smallest absolute Gasteiger partial charge is 0.236 e. The quantitative estimate of drug-likeness (QED) is 0.655. The molecule has 0 saturated carbocycles. The SMILES string of the molecule is CC(=O)C(C)N(C)C(=O)C(C)(C)C(C)=O. The molecule has 0 aliphatic carbocycles. The first-order valence-corrected chi connectivity index (χ1v) is 4.91. The van der Waals surface area contributed by atoms with Crippen molar-refractivity contribution in [2.45, 2.75) is 40.7 Å². The van der Waals surface area contributed by atoms with E-state index >= 15 is 0 Å². The molecule has 15 heavy (non-hydrogen) atoms. The molecule has 4 nitrogen and oxygen atoms in total. The molecule has 0 heterocycles. The van der Waals surface area contributed by atoms with Crippen LogP contribution in [0.3, 0.4) is 0 Å². The average molecular weight is 213 g/mol. The van der Waals surface area contributed by atoms with Crippen molar-refractivity contribution in [1.82, 2.24) is 4.90 Å². The van der Waals surface area contributed by atoms with Gasteiger partial charge in [0.2, 0.25) is 5.91 Å². The molecule has 0 fully saturated rings. The Morgan fingerprint density at radius 2 is 1.53 bits per heavy atom. The van der Waals surface area contributed by atoms with Crippen LogP contribution in [0.1, 0.15) is 34.6 Å². The van der Waals surface area contributed by atoms with E-state index < -0.39 is 11.5 Å². The van der Waals surface area contributed by atoms with Crippen LogP contribution in [0.5, 0.6) is 0 Å². The molecule has 0 rings (SSSR count). The highest BCUT2D eigenvalue weighted by molar-refractivity contribution is 6.05. The summed E-state index contributed by atoms with van der Waals surface area (Å²) in [6.07, 6.45) is 0. The monoisotopic (exact) mass is 213 g/mol. The second-order valence-corrected chi connectivity index (χ2v) is 4.38. The molecule has 0 aliphatic rings. The molecule has 0 aliphatic heterocycles. The summed E-state index contributed by atoms with van der Waals surface area (Å²) in [7, 11) is 1.54. The molecule has 1 atom stereocenters. The molecule has 0 saturated heterocycles. The van der Waals surface area contributed by atoms with Gasteiger partial charge in [-0.25, -0.2) is 0 Å². The van der Waals surface area contributed by atoms with Crippen molar-refractivity contribution >= 4 is 17.5 Å². The zero-order valence-corrected chi connectivity index (χ0v) is 10.2. The molecule has 1 amide bonds. The van der Waals surface area contributed by atoms with E-state index in [1.165, 1.54) is 18.7 Å². The van der Waals surface area contributed by atoms with Gasteiger partial charge in [0.25, 0.3) is 0 Å². The van der Waals surface area contributed by atoms with E-state index in [1.807, 2.05) is 0 Å². The lowest BCUT2D eigenvalue weighted by Gasteiger charge is -2.30. The number of likely N-dealkylation sites (N-methyl/N-ethyl adjacent to an activating group) is 1. The van der Waals surface area contributed by atoms with Crippen molar-refractivity contribution in [1.29, 1.82) is 0 Å². The lowest BCUT2D eigenvalue weighted by molar-refractivity contribution is -0.149. The minimum absolute atomic E-state index is 0.0924. The maximum Gasteiger partial charge on any atom is 0.236 e. The fraction of sp³-hybridized carbons (Fsp3) is 0.727. The summed E-state index contributed by atoms with van der Waals surface area (Å²) in [6.45, 7) is 7.60. The van der Waals surface area contributed by atoms with Crippen LogP contribution in [-0.4, -0.2) is 35.5 Å². The number of carbonyl (C=O) groups excluding carboxylic acids is 3. The Balaban J connectivity index is 4.87. The predicted molar refractivity (Wildman–Crippen MR) is 57.4 cm³/mol. The summed E-state index contributed by atoms with van der Waals surface area (Å²) in [4.78, 5) is 35.6. The summed E-state index contributed by atoms with van der Waals surface area (Å²) >= 11 is 0. The summed E-state index contributed by atoms with van der Waals surface area (Å²) < 4.78 is 0.